The van der Waals surface area contributed by atoms with Crippen LogP contribution in [0.3, 0.4) is 0 Å². The Morgan fingerprint density at radius 2 is 2.17 bits per heavy atom. The van der Waals surface area contributed by atoms with Crippen LogP contribution in [0.25, 0.3) is 5.65 Å². The highest BCUT2D eigenvalue weighted by molar-refractivity contribution is 8.93. The molecule has 0 bridgehead atoms. The minimum Gasteiger partial charge on any atom is -0.398 e. The predicted octanol–water partition coefficient (Wildman–Crippen LogP) is 1.80. The zero-order valence-electron chi connectivity index (χ0n) is 6.69. The van der Waals surface area contributed by atoms with E-state index in [1.165, 1.54) is 0 Å². The molecule has 2 aromatic rings. The number of halogens is 1. The number of aromatic nitrogens is 2. The highest BCUT2D eigenvalue weighted by Gasteiger charge is 1.96. The second kappa shape index (κ2) is 3.15. The maximum Gasteiger partial charge on any atom is 0.137 e. The van der Waals surface area contributed by atoms with Crippen LogP contribution < -0.4 is 5.73 Å². The lowest BCUT2D eigenvalue weighted by Crippen LogP contribution is -1.91. The average molecular weight is 228 g/mol. The Labute approximate surface area is 81.0 Å². The van der Waals surface area contributed by atoms with Crippen molar-refractivity contribution >= 4 is 28.3 Å². The third-order valence-corrected chi connectivity index (χ3v) is 1.71. The summed E-state index contributed by atoms with van der Waals surface area (Å²) >= 11 is 0. The van der Waals surface area contributed by atoms with Gasteiger partial charge in [0.15, 0.2) is 0 Å². The smallest absolute Gasteiger partial charge is 0.137 e. The third kappa shape index (κ3) is 1.30. The Morgan fingerprint density at radius 1 is 1.42 bits per heavy atom. The molecule has 0 aliphatic rings. The van der Waals surface area contributed by atoms with Crippen molar-refractivity contribution in [3.05, 3.63) is 30.2 Å². The first-order chi connectivity index (χ1) is 5.27. The van der Waals surface area contributed by atoms with E-state index in [0.29, 0.717) is 0 Å². The molecule has 0 unspecified atom stereocenters. The molecule has 3 nitrogen and oxygen atoms in total. The summed E-state index contributed by atoms with van der Waals surface area (Å²) in [4.78, 5) is 4.17. The largest absolute Gasteiger partial charge is 0.398 e. The molecule has 0 saturated carbocycles. The summed E-state index contributed by atoms with van der Waals surface area (Å²) in [6.45, 7) is 2.00. The quantitative estimate of drug-likeness (QED) is 0.747. The van der Waals surface area contributed by atoms with Gasteiger partial charge in [-0.15, -0.1) is 17.0 Å². The van der Waals surface area contributed by atoms with Crippen molar-refractivity contribution in [3.8, 4) is 0 Å². The first-order valence-electron chi connectivity index (χ1n) is 3.46. The van der Waals surface area contributed by atoms with Crippen LogP contribution in [0.2, 0.25) is 0 Å². The number of pyridine rings is 1. The zero-order valence-corrected chi connectivity index (χ0v) is 8.40. The van der Waals surface area contributed by atoms with Gasteiger partial charge in [0.1, 0.15) is 5.65 Å². The van der Waals surface area contributed by atoms with E-state index in [1.54, 1.807) is 0 Å². The molecule has 12 heavy (non-hydrogen) atoms. The first kappa shape index (κ1) is 9.06. The van der Waals surface area contributed by atoms with Crippen molar-refractivity contribution in [2.45, 2.75) is 6.92 Å². The number of fused-ring (bicyclic) bond motifs is 1. The fourth-order valence-corrected chi connectivity index (χ4v) is 1.12. The fourth-order valence-electron chi connectivity index (χ4n) is 1.12. The highest BCUT2D eigenvalue weighted by Crippen LogP contribution is 2.08. The molecule has 0 spiro atoms. The molecule has 2 N–H and O–H groups in total. The van der Waals surface area contributed by atoms with Crippen molar-refractivity contribution in [3.63, 3.8) is 0 Å². The average Bonchev–Trinajstić information content (AvgIpc) is 2.33. The number of nitrogens with two attached hydrogens (primary N) is 1. The second-order valence-electron chi connectivity index (χ2n) is 2.59. The molecular weight excluding hydrogens is 218 g/mol. The van der Waals surface area contributed by atoms with E-state index in [1.807, 2.05) is 35.9 Å². The number of anilines is 1. The lowest BCUT2D eigenvalue weighted by atomic mass is 10.4. The molecule has 0 radical (unpaired) electrons. The van der Waals surface area contributed by atoms with Gasteiger partial charge in [-0.05, 0) is 19.1 Å². The van der Waals surface area contributed by atoms with E-state index in [4.69, 9.17) is 5.73 Å². The van der Waals surface area contributed by atoms with Crippen LogP contribution in [-0.4, -0.2) is 9.38 Å². The van der Waals surface area contributed by atoms with Gasteiger partial charge < -0.3 is 10.1 Å². The minimum absolute atomic E-state index is 0. The number of nitrogens with zero attached hydrogens (tertiary/aromatic N) is 2. The fraction of sp³-hybridized carbons (Fsp3) is 0.125. The standard InChI is InChI=1S/C8H9N3.BrH/c1-6-4-10-8-3-2-7(9)5-11(6)8;/h2-5H,9H2,1H3;1H. The molecule has 4 heteroatoms. The van der Waals surface area contributed by atoms with Crippen LogP contribution in [0.5, 0.6) is 0 Å². The number of aryl methyl sites for hydroxylation is 1. The highest BCUT2D eigenvalue weighted by atomic mass is 79.9. The van der Waals surface area contributed by atoms with E-state index < -0.39 is 0 Å². The van der Waals surface area contributed by atoms with Gasteiger partial charge in [-0.3, -0.25) is 0 Å². The molecule has 0 aliphatic carbocycles. The van der Waals surface area contributed by atoms with Gasteiger partial charge in [0.05, 0.1) is 0 Å². The Morgan fingerprint density at radius 3 is 2.92 bits per heavy atom. The Balaban J connectivity index is 0.000000720. The van der Waals surface area contributed by atoms with Crippen LogP contribution in [-0.2, 0) is 0 Å². The summed E-state index contributed by atoms with van der Waals surface area (Å²) in [5.74, 6) is 0. The molecule has 0 saturated heterocycles. The van der Waals surface area contributed by atoms with Crippen molar-refractivity contribution in [2.75, 3.05) is 5.73 Å². The molecule has 2 aromatic heterocycles. The van der Waals surface area contributed by atoms with E-state index in [9.17, 15) is 0 Å². The van der Waals surface area contributed by atoms with Gasteiger partial charge in [0.25, 0.3) is 0 Å². The molecule has 2 heterocycles. The second-order valence-corrected chi connectivity index (χ2v) is 2.59. The van der Waals surface area contributed by atoms with Crippen LogP contribution in [0.1, 0.15) is 5.69 Å². The lowest BCUT2D eigenvalue weighted by Gasteiger charge is -1.96. The first-order valence-corrected chi connectivity index (χ1v) is 3.46. The van der Waals surface area contributed by atoms with Gasteiger partial charge in [0, 0.05) is 23.8 Å². The van der Waals surface area contributed by atoms with E-state index in [0.717, 1.165) is 17.0 Å². The summed E-state index contributed by atoms with van der Waals surface area (Å²) in [6, 6.07) is 3.75. The van der Waals surface area contributed by atoms with Crippen LogP contribution in [0, 0.1) is 6.92 Å². The number of imidazole rings is 1. The summed E-state index contributed by atoms with van der Waals surface area (Å²) < 4.78 is 1.97. The van der Waals surface area contributed by atoms with Gasteiger partial charge in [-0.2, -0.15) is 0 Å². The molecule has 0 atom stereocenters. The Kier molecular flexibility index (Phi) is 2.38. The van der Waals surface area contributed by atoms with Crippen molar-refractivity contribution < 1.29 is 0 Å². The van der Waals surface area contributed by atoms with E-state index in [2.05, 4.69) is 4.98 Å². The summed E-state index contributed by atoms with van der Waals surface area (Å²) in [7, 11) is 0. The van der Waals surface area contributed by atoms with Crippen LogP contribution >= 0.6 is 17.0 Å². The molecule has 64 valence electrons. The van der Waals surface area contributed by atoms with Gasteiger partial charge >= 0.3 is 0 Å². The summed E-state index contributed by atoms with van der Waals surface area (Å²) in [6.07, 6.45) is 3.70. The number of rotatable bonds is 0. The normalized spacial score (nSPS) is 9.75. The van der Waals surface area contributed by atoms with Crippen molar-refractivity contribution in [2.24, 2.45) is 0 Å². The molecule has 2 rings (SSSR count). The zero-order chi connectivity index (χ0) is 7.84. The van der Waals surface area contributed by atoms with Crippen molar-refractivity contribution in [1.82, 2.24) is 9.38 Å². The SMILES string of the molecule is Br.Cc1cnc2ccc(N)cn12. The molecule has 0 aromatic carbocycles. The third-order valence-electron chi connectivity index (χ3n) is 1.71. The monoisotopic (exact) mass is 227 g/mol. The van der Waals surface area contributed by atoms with Gasteiger partial charge in [-0.1, -0.05) is 0 Å². The topological polar surface area (TPSA) is 43.3 Å². The summed E-state index contributed by atoms with van der Waals surface area (Å²) in [5, 5.41) is 0. The molecule has 0 aliphatic heterocycles. The maximum atomic E-state index is 5.60. The van der Waals surface area contributed by atoms with Crippen LogP contribution in [0.4, 0.5) is 5.69 Å². The Hall–Kier alpha value is -1.03. The molecule has 0 amide bonds. The van der Waals surface area contributed by atoms with Gasteiger partial charge in [0.2, 0.25) is 0 Å². The number of hydrogen-bond donors (Lipinski definition) is 1. The summed E-state index contributed by atoms with van der Waals surface area (Å²) in [5.41, 5.74) is 8.41. The van der Waals surface area contributed by atoms with Crippen molar-refractivity contribution in [1.29, 1.82) is 0 Å². The number of hydrogen-bond acceptors (Lipinski definition) is 2. The van der Waals surface area contributed by atoms with Crippen LogP contribution in [0.15, 0.2) is 24.5 Å². The van der Waals surface area contributed by atoms with E-state index >= 15 is 0 Å². The molecule has 0 fully saturated rings. The minimum atomic E-state index is 0. The maximum absolute atomic E-state index is 5.60. The molecular formula is C8H10BrN3. The predicted molar refractivity (Wildman–Crippen MR) is 54.7 cm³/mol. The van der Waals surface area contributed by atoms with E-state index in [-0.39, 0.29) is 17.0 Å². The lowest BCUT2D eigenvalue weighted by molar-refractivity contribution is 1.11. The number of nitrogen functional groups attached to an aromatic ring is 1. The Bertz CT molecular complexity index is 394. The van der Waals surface area contributed by atoms with Gasteiger partial charge in [-0.25, -0.2) is 4.98 Å².